The minimum Gasteiger partial charge on any atom is -0.428 e. The molecular weight excluding hydrogens is 537 g/mol. The topological polar surface area (TPSA) is 86.6 Å². The van der Waals surface area contributed by atoms with Crippen molar-refractivity contribution in [1.82, 2.24) is 9.88 Å². The Bertz CT molecular complexity index is 1650. The van der Waals surface area contributed by atoms with Gasteiger partial charge in [0.05, 0.1) is 11.1 Å². The molecule has 1 fully saturated rings. The Balaban J connectivity index is 1.62. The first-order valence-electron chi connectivity index (χ1n) is 11.7. The van der Waals surface area contributed by atoms with Crippen LogP contribution < -0.4 is 10.1 Å². The number of fused-ring (bicyclic) bond motifs is 1. The average Bonchev–Trinajstić information content (AvgIpc) is 3.29. The van der Waals surface area contributed by atoms with Gasteiger partial charge in [-0.25, -0.2) is 4.79 Å². The molecule has 2 heterocycles. The number of imide groups is 1. The highest BCUT2D eigenvalue weighted by Crippen LogP contribution is 2.35. The number of carbonyl (C=O) groups excluding carboxylic acids is 3. The number of aromatic nitrogens is 1. The maximum Gasteiger partial charge on any atom is 0.573 e. The molecule has 5 rings (SSSR count). The molecule has 1 aromatic heterocycles. The molecule has 3 aromatic carbocycles. The molecule has 0 spiro atoms. The normalized spacial score (nSPS) is 17.3. The lowest BCUT2D eigenvalue weighted by Gasteiger charge is -2.20. The molecule has 0 aliphatic carbocycles. The van der Waals surface area contributed by atoms with Crippen LogP contribution in [0.3, 0.4) is 0 Å². The fraction of sp³-hybridized carbons (Fsp3) is 0.179. The van der Waals surface area contributed by atoms with Crippen molar-refractivity contribution in [1.29, 1.82) is 0 Å². The molecule has 1 saturated heterocycles. The number of hydrogen-bond donors (Lipinski definition) is 1. The SMILES string of the molecule is Cc1c(C(=O)c2ccc(Cl)cc2)c2ccc(OC(F)(F)F)cc2n1Cc1cccc(C2(C)OC(=O)NC2=O)c1. The molecule has 11 heteroatoms. The van der Waals surface area contributed by atoms with Crippen molar-refractivity contribution < 1.29 is 37.0 Å². The Kier molecular flexibility index (Phi) is 6.38. The minimum atomic E-state index is -4.90. The van der Waals surface area contributed by atoms with E-state index >= 15 is 0 Å². The monoisotopic (exact) mass is 556 g/mol. The van der Waals surface area contributed by atoms with Crippen molar-refractivity contribution >= 4 is 40.3 Å². The molecule has 7 nitrogen and oxygen atoms in total. The van der Waals surface area contributed by atoms with Crippen LogP contribution in [0.25, 0.3) is 10.9 Å². The second kappa shape index (κ2) is 9.46. The van der Waals surface area contributed by atoms with E-state index in [4.69, 9.17) is 16.3 Å². The first kappa shape index (κ1) is 26.3. The second-order valence-corrected chi connectivity index (χ2v) is 9.62. The van der Waals surface area contributed by atoms with Crippen LogP contribution in [0.2, 0.25) is 5.02 Å². The van der Waals surface area contributed by atoms with Crippen LogP contribution >= 0.6 is 11.6 Å². The number of alkyl halides is 3. The minimum absolute atomic E-state index is 0.130. The van der Waals surface area contributed by atoms with Crippen LogP contribution in [0.5, 0.6) is 5.75 Å². The van der Waals surface area contributed by atoms with E-state index in [-0.39, 0.29) is 12.3 Å². The predicted octanol–water partition coefficient (Wildman–Crippen LogP) is 6.26. The maximum atomic E-state index is 13.5. The molecule has 1 unspecified atom stereocenters. The average molecular weight is 557 g/mol. The number of benzene rings is 3. The molecule has 1 atom stereocenters. The molecule has 2 amide bonds. The molecule has 1 aliphatic heterocycles. The Morgan fingerprint density at radius 3 is 2.44 bits per heavy atom. The standard InChI is InChI=1S/C28H20ClF3N2O5/c1-15-23(24(35)17-6-8-19(29)9-7-17)21-11-10-20(38-28(30,31)32)13-22(21)34(15)14-16-4-3-5-18(12-16)27(2)25(36)33-26(37)39-27/h3-13H,14H2,1-2H3,(H,33,36,37). The number of carbonyl (C=O) groups is 3. The third-order valence-electron chi connectivity index (χ3n) is 6.63. The largest absolute Gasteiger partial charge is 0.573 e. The summed E-state index contributed by atoms with van der Waals surface area (Å²) >= 11 is 5.97. The molecule has 0 saturated carbocycles. The van der Waals surface area contributed by atoms with E-state index in [1.54, 1.807) is 60.0 Å². The fourth-order valence-corrected chi connectivity index (χ4v) is 4.82. The number of nitrogens with zero attached hydrogens (tertiary/aromatic N) is 1. The Morgan fingerprint density at radius 1 is 1.08 bits per heavy atom. The van der Waals surface area contributed by atoms with Crippen molar-refractivity contribution in [3.05, 3.63) is 99.7 Å². The summed E-state index contributed by atoms with van der Waals surface area (Å²) in [7, 11) is 0. The Labute approximate surface area is 225 Å². The van der Waals surface area contributed by atoms with Gasteiger partial charge in [0.2, 0.25) is 5.60 Å². The lowest BCUT2D eigenvalue weighted by molar-refractivity contribution is -0.274. The van der Waals surface area contributed by atoms with Crippen LogP contribution in [0.15, 0.2) is 66.7 Å². The van der Waals surface area contributed by atoms with Gasteiger partial charge in [0.25, 0.3) is 5.91 Å². The summed E-state index contributed by atoms with van der Waals surface area (Å²) in [6.07, 6.45) is -5.76. The van der Waals surface area contributed by atoms with Crippen molar-refractivity contribution in [2.45, 2.75) is 32.4 Å². The van der Waals surface area contributed by atoms with Crippen LogP contribution in [-0.4, -0.2) is 28.7 Å². The molecular formula is C28H20ClF3N2O5. The van der Waals surface area contributed by atoms with Crippen molar-refractivity contribution in [2.24, 2.45) is 0 Å². The number of amides is 2. The van der Waals surface area contributed by atoms with E-state index in [0.29, 0.717) is 43.9 Å². The summed E-state index contributed by atoms with van der Waals surface area (Å²) in [4.78, 5) is 37.6. The quantitative estimate of drug-likeness (QED) is 0.283. The van der Waals surface area contributed by atoms with Crippen LogP contribution in [-0.2, 0) is 21.7 Å². The second-order valence-electron chi connectivity index (χ2n) is 9.19. The zero-order valence-corrected chi connectivity index (χ0v) is 21.3. The van der Waals surface area contributed by atoms with Crippen molar-refractivity contribution in [3.63, 3.8) is 0 Å². The predicted molar refractivity (Wildman–Crippen MR) is 136 cm³/mol. The lowest BCUT2D eigenvalue weighted by atomic mass is 9.94. The van der Waals surface area contributed by atoms with Crippen LogP contribution in [0, 0.1) is 6.92 Å². The maximum absolute atomic E-state index is 13.5. The number of hydrogen-bond acceptors (Lipinski definition) is 5. The van der Waals surface area contributed by atoms with E-state index < -0.39 is 29.7 Å². The summed E-state index contributed by atoms with van der Waals surface area (Å²) in [5.74, 6) is -1.37. The van der Waals surface area contributed by atoms with Crippen LogP contribution in [0.4, 0.5) is 18.0 Å². The highest BCUT2D eigenvalue weighted by molar-refractivity contribution is 6.30. The van der Waals surface area contributed by atoms with Gasteiger partial charge in [-0.15, -0.1) is 13.2 Å². The number of ether oxygens (including phenoxy) is 2. The van der Waals surface area contributed by atoms with Crippen LogP contribution in [0.1, 0.15) is 39.7 Å². The fourth-order valence-electron chi connectivity index (χ4n) is 4.70. The van der Waals surface area contributed by atoms with Crippen molar-refractivity contribution in [3.8, 4) is 5.75 Å². The van der Waals surface area contributed by atoms with Crippen molar-refractivity contribution in [2.75, 3.05) is 0 Å². The highest BCUT2D eigenvalue weighted by atomic mass is 35.5. The third kappa shape index (κ3) is 4.95. The summed E-state index contributed by atoms with van der Waals surface area (Å²) in [6.45, 7) is 3.29. The molecule has 1 N–H and O–H groups in total. The van der Waals surface area contributed by atoms with E-state index in [1.165, 1.54) is 19.1 Å². The summed E-state index contributed by atoms with van der Waals surface area (Å²) < 4.78 is 50.0. The number of alkyl carbamates (subject to hydrolysis) is 1. The number of ketones is 1. The van der Waals surface area contributed by atoms with E-state index in [1.807, 2.05) is 0 Å². The van der Waals surface area contributed by atoms with Gasteiger partial charge in [-0.05, 0) is 61.9 Å². The van der Waals surface area contributed by atoms with Gasteiger partial charge in [-0.2, -0.15) is 0 Å². The Morgan fingerprint density at radius 2 is 1.79 bits per heavy atom. The molecule has 1 aliphatic rings. The zero-order chi connectivity index (χ0) is 28.1. The third-order valence-corrected chi connectivity index (χ3v) is 6.88. The first-order valence-corrected chi connectivity index (χ1v) is 12.1. The van der Waals surface area contributed by atoms with Gasteiger partial charge >= 0.3 is 12.5 Å². The van der Waals surface area contributed by atoms with E-state index in [0.717, 1.165) is 6.07 Å². The molecule has 200 valence electrons. The van der Waals surface area contributed by atoms with Gasteiger partial charge in [-0.3, -0.25) is 14.9 Å². The van der Waals surface area contributed by atoms with E-state index in [9.17, 15) is 27.6 Å². The zero-order valence-electron chi connectivity index (χ0n) is 20.6. The summed E-state index contributed by atoms with van der Waals surface area (Å²) in [5, 5.41) is 3.00. The van der Waals surface area contributed by atoms with Gasteiger partial charge in [0.1, 0.15) is 5.75 Å². The molecule has 0 bridgehead atoms. The summed E-state index contributed by atoms with van der Waals surface area (Å²) in [5.41, 5.74) is 1.06. The van der Waals surface area contributed by atoms with E-state index in [2.05, 4.69) is 10.1 Å². The Hall–Kier alpha value is -4.31. The van der Waals surface area contributed by atoms with Gasteiger partial charge in [0, 0.05) is 39.8 Å². The molecule has 39 heavy (non-hydrogen) atoms. The highest BCUT2D eigenvalue weighted by Gasteiger charge is 2.46. The summed E-state index contributed by atoms with van der Waals surface area (Å²) in [6, 6.07) is 16.8. The smallest absolute Gasteiger partial charge is 0.428 e. The molecule has 0 radical (unpaired) electrons. The molecule has 4 aromatic rings. The number of halogens is 4. The number of rotatable bonds is 6. The first-order chi connectivity index (χ1) is 18.4. The van der Waals surface area contributed by atoms with Gasteiger partial charge in [-0.1, -0.05) is 29.8 Å². The number of nitrogens with one attached hydrogen (secondary N) is 1. The van der Waals surface area contributed by atoms with Gasteiger partial charge < -0.3 is 14.0 Å². The lowest BCUT2D eigenvalue weighted by Crippen LogP contribution is -2.33. The van der Waals surface area contributed by atoms with Gasteiger partial charge in [0.15, 0.2) is 5.78 Å². The number of cyclic esters (lactones) is 1.